The third-order valence-electron chi connectivity index (χ3n) is 5.43. The molecule has 1 aromatic carbocycles. The van der Waals surface area contributed by atoms with Crippen LogP contribution >= 0.6 is 11.3 Å². The normalized spacial score (nSPS) is 18.4. The van der Waals surface area contributed by atoms with Crippen molar-refractivity contribution in [3.8, 4) is 10.6 Å². The Kier molecular flexibility index (Phi) is 6.08. The molecule has 0 saturated carbocycles. The molecule has 1 saturated heterocycles. The van der Waals surface area contributed by atoms with Crippen molar-refractivity contribution in [3.63, 3.8) is 0 Å². The van der Waals surface area contributed by atoms with E-state index in [4.69, 9.17) is 4.98 Å². The van der Waals surface area contributed by atoms with Gasteiger partial charge in [0.1, 0.15) is 10.8 Å². The van der Waals surface area contributed by atoms with E-state index in [1.165, 1.54) is 12.1 Å². The second-order valence-electron chi connectivity index (χ2n) is 7.52. The van der Waals surface area contributed by atoms with E-state index in [1.807, 2.05) is 4.90 Å². The van der Waals surface area contributed by atoms with E-state index >= 15 is 0 Å². The SMILES string of the molecule is O=C(NCCC(=O)N1CCCC1)NC1CCCc2nc(-c3ccc(F)cc3)sc21. The molecule has 3 amide bonds. The number of aromatic nitrogens is 1. The van der Waals surface area contributed by atoms with E-state index in [0.717, 1.165) is 66.3 Å². The fourth-order valence-electron chi connectivity index (χ4n) is 3.89. The average Bonchev–Trinajstić information content (AvgIpc) is 3.39. The van der Waals surface area contributed by atoms with Crippen LogP contribution < -0.4 is 10.6 Å². The second-order valence-corrected chi connectivity index (χ2v) is 8.55. The Morgan fingerprint density at radius 1 is 1.17 bits per heavy atom. The van der Waals surface area contributed by atoms with E-state index in [2.05, 4.69) is 10.6 Å². The number of benzene rings is 1. The van der Waals surface area contributed by atoms with E-state index < -0.39 is 0 Å². The summed E-state index contributed by atoms with van der Waals surface area (Å²) in [4.78, 5) is 32.0. The second kappa shape index (κ2) is 8.90. The molecule has 1 aliphatic heterocycles. The fourth-order valence-corrected chi connectivity index (χ4v) is 5.09. The number of thiazole rings is 1. The number of aryl methyl sites for hydroxylation is 1. The molecule has 6 nitrogen and oxygen atoms in total. The Hall–Kier alpha value is -2.48. The fraction of sp³-hybridized carbons (Fsp3) is 0.476. The van der Waals surface area contributed by atoms with Crippen molar-refractivity contribution in [1.29, 1.82) is 0 Å². The third kappa shape index (κ3) is 4.75. The van der Waals surface area contributed by atoms with Gasteiger partial charge in [-0.1, -0.05) is 0 Å². The van der Waals surface area contributed by atoms with Gasteiger partial charge < -0.3 is 15.5 Å². The highest BCUT2D eigenvalue weighted by Gasteiger charge is 2.26. The monoisotopic (exact) mass is 416 g/mol. The lowest BCUT2D eigenvalue weighted by Gasteiger charge is -2.22. The maximum Gasteiger partial charge on any atom is 0.315 e. The van der Waals surface area contributed by atoms with Gasteiger partial charge in [-0.15, -0.1) is 11.3 Å². The minimum atomic E-state index is -0.269. The summed E-state index contributed by atoms with van der Waals surface area (Å²) in [5, 5.41) is 6.68. The molecule has 0 spiro atoms. The highest BCUT2D eigenvalue weighted by molar-refractivity contribution is 7.15. The maximum absolute atomic E-state index is 13.2. The highest BCUT2D eigenvalue weighted by Crippen LogP contribution is 2.37. The Labute approximate surface area is 173 Å². The summed E-state index contributed by atoms with van der Waals surface area (Å²) < 4.78 is 13.2. The lowest BCUT2D eigenvalue weighted by atomic mass is 9.98. The third-order valence-corrected chi connectivity index (χ3v) is 6.69. The molecular weight excluding hydrogens is 391 g/mol. The number of hydrogen-bond donors (Lipinski definition) is 2. The van der Waals surface area contributed by atoms with Crippen molar-refractivity contribution >= 4 is 23.3 Å². The predicted molar refractivity (Wildman–Crippen MR) is 110 cm³/mol. The van der Waals surface area contributed by atoms with Crippen LogP contribution in [0.4, 0.5) is 9.18 Å². The highest BCUT2D eigenvalue weighted by atomic mass is 32.1. The van der Waals surface area contributed by atoms with E-state index in [9.17, 15) is 14.0 Å². The number of halogens is 1. The molecule has 0 radical (unpaired) electrons. The standard InChI is InChI=1S/C21H25FN4O2S/c22-15-8-6-14(7-9-15)20-24-16-4-3-5-17(19(16)29-20)25-21(28)23-11-10-18(27)26-12-1-2-13-26/h6-9,17H,1-5,10-13H2,(H2,23,25,28). The molecule has 154 valence electrons. The first-order valence-electron chi connectivity index (χ1n) is 10.2. The first-order valence-corrected chi connectivity index (χ1v) is 11.0. The van der Waals surface area contributed by atoms with Crippen LogP contribution in [0.2, 0.25) is 0 Å². The van der Waals surface area contributed by atoms with Gasteiger partial charge in [0.2, 0.25) is 5.91 Å². The molecule has 8 heteroatoms. The Bertz CT molecular complexity index is 877. The number of nitrogens with one attached hydrogen (secondary N) is 2. The molecule has 1 fully saturated rings. The molecule has 2 aliphatic rings. The molecule has 1 atom stereocenters. The molecule has 2 N–H and O–H groups in total. The van der Waals surface area contributed by atoms with Gasteiger partial charge in [0.05, 0.1) is 16.6 Å². The van der Waals surface area contributed by atoms with Crippen molar-refractivity contribution in [3.05, 3.63) is 40.7 Å². The van der Waals surface area contributed by atoms with Crippen LogP contribution in [0.15, 0.2) is 24.3 Å². The number of carbonyl (C=O) groups is 2. The van der Waals surface area contributed by atoms with Crippen LogP contribution in [0.3, 0.4) is 0 Å². The number of hydrogen-bond acceptors (Lipinski definition) is 4. The van der Waals surface area contributed by atoms with Crippen molar-refractivity contribution in [1.82, 2.24) is 20.5 Å². The van der Waals surface area contributed by atoms with Crippen molar-refractivity contribution < 1.29 is 14.0 Å². The number of urea groups is 1. The minimum absolute atomic E-state index is 0.0836. The van der Waals surface area contributed by atoms with Crippen LogP contribution in [0.5, 0.6) is 0 Å². The predicted octanol–water partition coefficient (Wildman–Crippen LogP) is 3.64. The zero-order chi connectivity index (χ0) is 20.2. The van der Waals surface area contributed by atoms with Gasteiger partial charge >= 0.3 is 6.03 Å². The Balaban J connectivity index is 1.33. The topological polar surface area (TPSA) is 74.3 Å². The molecule has 1 aromatic heterocycles. The van der Waals surface area contributed by atoms with Crippen LogP contribution in [0.1, 0.15) is 48.7 Å². The van der Waals surface area contributed by atoms with Gasteiger partial charge in [-0.25, -0.2) is 14.2 Å². The lowest BCUT2D eigenvalue weighted by molar-refractivity contribution is -0.129. The summed E-state index contributed by atoms with van der Waals surface area (Å²) in [7, 11) is 0. The zero-order valence-corrected chi connectivity index (χ0v) is 17.1. The molecule has 2 aromatic rings. The summed E-state index contributed by atoms with van der Waals surface area (Å²) in [6.07, 6.45) is 5.17. The molecule has 1 unspecified atom stereocenters. The van der Waals surface area contributed by atoms with Gasteiger partial charge in [-0.05, 0) is 56.4 Å². The number of carbonyl (C=O) groups excluding carboxylic acids is 2. The van der Waals surface area contributed by atoms with Gasteiger partial charge in [0.25, 0.3) is 0 Å². The van der Waals surface area contributed by atoms with Crippen LogP contribution in [-0.2, 0) is 11.2 Å². The first kappa shape index (κ1) is 19.8. The summed E-state index contributed by atoms with van der Waals surface area (Å²) in [5.41, 5.74) is 1.89. The molecule has 2 heterocycles. The van der Waals surface area contributed by atoms with Crippen LogP contribution in [-0.4, -0.2) is 41.5 Å². The van der Waals surface area contributed by atoms with Gasteiger partial charge in [-0.3, -0.25) is 4.79 Å². The summed E-state index contributed by atoms with van der Waals surface area (Å²) in [5.74, 6) is -0.163. The molecule has 29 heavy (non-hydrogen) atoms. The number of likely N-dealkylation sites (tertiary alicyclic amines) is 1. The van der Waals surface area contributed by atoms with Gasteiger partial charge in [0.15, 0.2) is 0 Å². The number of rotatable bonds is 5. The lowest BCUT2D eigenvalue weighted by Crippen LogP contribution is -2.40. The summed E-state index contributed by atoms with van der Waals surface area (Å²) >= 11 is 1.55. The van der Waals surface area contributed by atoms with Crippen molar-refractivity contribution in [2.24, 2.45) is 0 Å². The first-order chi connectivity index (χ1) is 14.1. The average molecular weight is 417 g/mol. The zero-order valence-electron chi connectivity index (χ0n) is 16.2. The molecular formula is C21H25FN4O2S. The number of nitrogens with zero attached hydrogens (tertiary/aromatic N) is 2. The van der Waals surface area contributed by atoms with E-state index in [-0.39, 0.29) is 23.8 Å². The number of fused-ring (bicyclic) bond motifs is 1. The Morgan fingerprint density at radius 3 is 2.69 bits per heavy atom. The quantitative estimate of drug-likeness (QED) is 0.782. The van der Waals surface area contributed by atoms with Gasteiger partial charge in [-0.2, -0.15) is 0 Å². The van der Waals surface area contributed by atoms with Crippen molar-refractivity contribution in [2.75, 3.05) is 19.6 Å². The summed E-state index contributed by atoms with van der Waals surface area (Å²) in [6, 6.07) is 5.98. The van der Waals surface area contributed by atoms with Gasteiger partial charge in [0, 0.05) is 31.6 Å². The maximum atomic E-state index is 13.2. The van der Waals surface area contributed by atoms with Crippen molar-refractivity contribution in [2.45, 2.75) is 44.6 Å². The minimum Gasteiger partial charge on any atom is -0.343 e. The summed E-state index contributed by atoms with van der Waals surface area (Å²) in [6.45, 7) is 2.00. The van der Waals surface area contributed by atoms with Crippen LogP contribution in [0.25, 0.3) is 10.6 Å². The van der Waals surface area contributed by atoms with E-state index in [1.54, 1.807) is 23.5 Å². The molecule has 0 bridgehead atoms. The van der Waals surface area contributed by atoms with E-state index in [0.29, 0.717) is 13.0 Å². The molecule has 1 aliphatic carbocycles. The molecule has 4 rings (SSSR count). The number of amides is 3. The Morgan fingerprint density at radius 2 is 1.93 bits per heavy atom. The smallest absolute Gasteiger partial charge is 0.315 e. The largest absolute Gasteiger partial charge is 0.343 e. The van der Waals surface area contributed by atoms with Crippen LogP contribution in [0, 0.1) is 5.82 Å².